The van der Waals surface area contributed by atoms with Crippen LogP contribution in [0.2, 0.25) is 0 Å². The van der Waals surface area contributed by atoms with Crippen molar-refractivity contribution in [2.75, 3.05) is 11.9 Å². The smallest absolute Gasteiger partial charge is 0.258 e. The van der Waals surface area contributed by atoms with E-state index in [-0.39, 0.29) is 24.7 Å². The molecular weight excluding hydrogens is 382 g/mol. The van der Waals surface area contributed by atoms with E-state index >= 15 is 0 Å². The molecule has 156 valence electrons. The van der Waals surface area contributed by atoms with Crippen LogP contribution in [0.3, 0.4) is 0 Å². The molecule has 0 fully saturated rings. The molecule has 3 aromatic rings. The summed E-state index contributed by atoms with van der Waals surface area (Å²) < 4.78 is 5.64. The number of guanidine groups is 1. The molecule has 0 bridgehead atoms. The molecular formula is C21H25N7O2. The van der Waals surface area contributed by atoms with Crippen LogP contribution in [0.1, 0.15) is 31.1 Å². The number of carbonyl (C=O) groups is 1. The molecule has 0 saturated heterocycles. The van der Waals surface area contributed by atoms with Crippen LogP contribution < -0.4 is 26.2 Å². The Morgan fingerprint density at radius 2 is 2.10 bits per heavy atom. The highest BCUT2D eigenvalue weighted by molar-refractivity contribution is 5.96. The minimum Gasteiger partial charge on any atom is -0.484 e. The Hall–Kier alpha value is -3.59. The quantitative estimate of drug-likeness (QED) is 0.428. The Bertz CT molecular complexity index is 1090. The number of carbonyl (C=O) groups excluding carboxylic acids is 1. The molecule has 1 unspecified atom stereocenters. The van der Waals surface area contributed by atoms with Crippen LogP contribution in [-0.2, 0) is 4.79 Å². The number of hydrogen-bond acceptors (Lipinski definition) is 7. The van der Waals surface area contributed by atoms with Crippen molar-refractivity contribution in [2.45, 2.75) is 33.0 Å². The molecule has 2 aromatic carbocycles. The van der Waals surface area contributed by atoms with Gasteiger partial charge in [-0.25, -0.2) is 10.4 Å². The van der Waals surface area contributed by atoms with Gasteiger partial charge in [0, 0.05) is 17.1 Å². The first kappa shape index (κ1) is 19.7. The van der Waals surface area contributed by atoms with Crippen LogP contribution in [-0.4, -0.2) is 34.7 Å². The number of aromatic nitrogens is 2. The van der Waals surface area contributed by atoms with Crippen molar-refractivity contribution in [1.82, 2.24) is 26.4 Å². The van der Waals surface area contributed by atoms with Gasteiger partial charge in [-0.3, -0.25) is 15.3 Å². The molecule has 0 spiro atoms. The van der Waals surface area contributed by atoms with E-state index in [0.717, 1.165) is 27.7 Å². The van der Waals surface area contributed by atoms with E-state index in [1.54, 1.807) is 6.20 Å². The molecule has 4 rings (SSSR count). The number of benzene rings is 2. The first-order valence-electron chi connectivity index (χ1n) is 9.80. The van der Waals surface area contributed by atoms with Gasteiger partial charge in [-0.15, -0.1) is 0 Å². The molecule has 0 saturated carbocycles. The Morgan fingerprint density at radius 3 is 2.90 bits per heavy atom. The highest BCUT2D eigenvalue weighted by atomic mass is 16.5. The number of H-pyrrole nitrogens is 1. The van der Waals surface area contributed by atoms with Crippen LogP contribution in [0.15, 0.2) is 47.6 Å². The summed E-state index contributed by atoms with van der Waals surface area (Å²) in [7, 11) is 0. The van der Waals surface area contributed by atoms with E-state index in [1.807, 2.05) is 57.2 Å². The standard InChI is InChI=1S/C21H25N7O2/c1-12(2)23-19(29)11-30-18-7-4-14(8-13(18)3)20-25-21(28-27-20)24-16-5-6-17-15(9-16)10-22-26-17/h4-10,12,20,27H,11H2,1-3H3,(H,22,26)(H,23,29)(H2,24,25,28). The summed E-state index contributed by atoms with van der Waals surface area (Å²) in [5, 5.41) is 14.1. The maximum absolute atomic E-state index is 11.8. The molecule has 2 heterocycles. The summed E-state index contributed by atoms with van der Waals surface area (Å²) in [6.07, 6.45) is 1.55. The topological polar surface area (TPSA) is 115 Å². The predicted molar refractivity (Wildman–Crippen MR) is 116 cm³/mol. The normalized spacial score (nSPS) is 15.7. The van der Waals surface area contributed by atoms with Crippen molar-refractivity contribution in [1.29, 1.82) is 0 Å². The predicted octanol–water partition coefficient (Wildman–Crippen LogP) is 2.35. The fourth-order valence-electron chi connectivity index (χ4n) is 3.22. The number of hydrogen-bond donors (Lipinski definition) is 5. The number of anilines is 1. The number of nitrogens with one attached hydrogen (secondary N) is 5. The van der Waals surface area contributed by atoms with Crippen molar-refractivity contribution in [3.05, 3.63) is 53.7 Å². The van der Waals surface area contributed by atoms with Crippen molar-refractivity contribution >= 4 is 28.5 Å². The van der Waals surface area contributed by atoms with Gasteiger partial charge >= 0.3 is 0 Å². The average Bonchev–Trinajstić information content (AvgIpc) is 3.35. The summed E-state index contributed by atoms with van der Waals surface area (Å²) >= 11 is 0. The van der Waals surface area contributed by atoms with Crippen molar-refractivity contribution in [3.63, 3.8) is 0 Å². The number of fused-ring (bicyclic) bond motifs is 1. The summed E-state index contributed by atoms with van der Waals surface area (Å²) in [5.41, 5.74) is 10.0. The van der Waals surface area contributed by atoms with Gasteiger partial charge in [0.25, 0.3) is 5.91 Å². The second-order valence-corrected chi connectivity index (χ2v) is 7.48. The minimum atomic E-state index is -0.234. The van der Waals surface area contributed by atoms with Crippen LogP contribution >= 0.6 is 0 Å². The van der Waals surface area contributed by atoms with E-state index in [0.29, 0.717) is 11.7 Å². The van der Waals surface area contributed by atoms with E-state index in [9.17, 15) is 4.79 Å². The monoisotopic (exact) mass is 407 g/mol. The maximum Gasteiger partial charge on any atom is 0.258 e. The Morgan fingerprint density at radius 1 is 1.23 bits per heavy atom. The third-order valence-electron chi connectivity index (χ3n) is 4.61. The second-order valence-electron chi connectivity index (χ2n) is 7.48. The number of rotatable bonds is 6. The number of hydrazine groups is 1. The van der Waals surface area contributed by atoms with E-state index in [1.165, 1.54) is 0 Å². The lowest BCUT2D eigenvalue weighted by Crippen LogP contribution is -2.35. The molecule has 1 aliphatic rings. The highest BCUT2D eigenvalue weighted by Gasteiger charge is 2.19. The average molecular weight is 407 g/mol. The van der Waals surface area contributed by atoms with Gasteiger partial charge in [-0.05, 0) is 62.2 Å². The van der Waals surface area contributed by atoms with Crippen molar-refractivity contribution in [3.8, 4) is 5.75 Å². The molecule has 1 amide bonds. The summed E-state index contributed by atoms with van der Waals surface area (Å²) in [4.78, 5) is 16.4. The molecule has 1 aromatic heterocycles. The van der Waals surface area contributed by atoms with Gasteiger partial charge in [0.05, 0.1) is 11.7 Å². The Labute approximate surface area is 174 Å². The first-order chi connectivity index (χ1) is 14.5. The summed E-state index contributed by atoms with van der Waals surface area (Å²) in [5.74, 6) is 1.18. The fourth-order valence-corrected chi connectivity index (χ4v) is 3.22. The molecule has 5 N–H and O–H groups in total. The lowest BCUT2D eigenvalue weighted by Gasteiger charge is -2.13. The summed E-state index contributed by atoms with van der Waals surface area (Å²) in [6.45, 7) is 5.78. The Kier molecular flexibility index (Phi) is 5.53. The Balaban J connectivity index is 1.39. The molecule has 1 atom stereocenters. The number of ether oxygens (including phenoxy) is 1. The number of aromatic amines is 1. The van der Waals surface area contributed by atoms with Gasteiger partial charge < -0.3 is 15.4 Å². The molecule has 0 radical (unpaired) electrons. The van der Waals surface area contributed by atoms with E-state index in [2.05, 4.69) is 36.7 Å². The lowest BCUT2D eigenvalue weighted by molar-refractivity contribution is -0.123. The fraction of sp³-hybridized carbons (Fsp3) is 0.286. The van der Waals surface area contributed by atoms with Crippen LogP contribution in [0.25, 0.3) is 10.9 Å². The number of amides is 1. The van der Waals surface area contributed by atoms with Crippen molar-refractivity contribution < 1.29 is 9.53 Å². The number of aryl methyl sites for hydroxylation is 1. The third kappa shape index (κ3) is 4.52. The van der Waals surface area contributed by atoms with E-state index in [4.69, 9.17) is 4.74 Å². The van der Waals surface area contributed by atoms with Gasteiger partial charge in [0.2, 0.25) is 5.96 Å². The zero-order chi connectivity index (χ0) is 21.1. The zero-order valence-electron chi connectivity index (χ0n) is 17.1. The summed E-state index contributed by atoms with van der Waals surface area (Å²) in [6, 6.07) is 11.8. The molecule has 1 aliphatic heterocycles. The SMILES string of the molecule is Cc1cc(C2N=C(Nc3ccc4[nH]ncc4c3)NN2)ccc1OCC(=O)NC(C)C. The zero-order valence-corrected chi connectivity index (χ0v) is 17.1. The van der Waals surface area contributed by atoms with Crippen LogP contribution in [0.4, 0.5) is 5.69 Å². The van der Waals surface area contributed by atoms with Crippen LogP contribution in [0, 0.1) is 6.92 Å². The number of nitrogens with zero attached hydrogens (tertiary/aromatic N) is 2. The maximum atomic E-state index is 11.8. The molecule has 9 heteroatoms. The van der Waals surface area contributed by atoms with Gasteiger partial charge in [-0.1, -0.05) is 6.07 Å². The second kappa shape index (κ2) is 8.42. The highest BCUT2D eigenvalue weighted by Crippen LogP contribution is 2.25. The molecule has 9 nitrogen and oxygen atoms in total. The van der Waals surface area contributed by atoms with Gasteiger partial charge in [-0.2, -0.15) is 5.10 Å². The molecule has 30 heavy (non-hydrogen) atoms. The lowest BCUT2D eigenvalue weighted by atomic mass is 10.1. The minimum absolute atomic E-state index is 0.00513. The number of aliphatic imine (C=N–C) groups is 1. The molecule has 0 aliphatic carbocycles. The van der Waals surface area contributed by atoms with Gasteiger partial charge in [0.1, 0.15) is 11.9 Å². The van der Waals surface area contributed by atoms with Gasteiger partial charge in [0.15, 0.2) is 6.61 Å². The third-order valence-corrected chi connectivity index (χ3v) is 4.61. The van der Waals surface area contributed by atoms with Crippen molar-refractivity contribution in [2.24, 2.45) is 4.99 Å². The largest absolute Gasteiger partial charge is 0.484 e. The van der Waals surface area contributed by atoms with E-state index < -0.39 is 0 Å². The van der Waals surface area contributed by atoms with Crippen LogP contribution in [0.5, 0.6) is 5.75 Å². The first-order valence-corrected chi connectivity index (χ1v) is 9.80.